The lowest BCUT2D eigenvalue weighted by molar-refractivity contribution is -0.162. The minimum absolute atomic E-state index is 0.00154. The standard InChI is InChI=1S/C13H13F2NO4/c14-8-1-2-9(10(15)7-8)11(17)16-5-3-13(20,4-6-16)12(18)19/h1-2,7,20H,3-6H2,(H,18,19). The fourth-order valence-corrected chi connectivity index (χ4v) is 2.13. The molecular formula is C13H13F2NO4. The first-order chi connectivity index (χ1) is 9.33. The van der Waals surface area contributed by atoms with E-state index in [1.54, 1.807) is 0 Å². The molecular weight excluding hydrogens is 272 g/mol. The summed E-state index contributed by atoms with van der Waals surface area (Å²) in [6.45, 7) is -0.00308. The van der Waals surface area contributed by atoms with Gasteiger partial charge in [-0.3, -0.25) is 4.79 Å². The van der Waals surface area contributed by atoms with Gasteiger partial charge in [-0.15, -0.1) is 0 Å². The number of piperidine rings is 1. The molecule has 0 bridgehead atoms. The van der Waals surface area contributed by atoms with Crippen LogP contribution < -0.4 is 0 Å². The average molecular weight is 285 g/mol. The highest BCUT2D eigenvalue weighted by Gasteiger charge is 2.40. The molecule has 0 unspecified atom stereocenters. The summed E-state index contributed by atoms with van der Waals surface area (Å²) in [5.74, 6) is -3.72. The van der Waals surface area contributed by atoms with E-state index in [1.165, 1.54) is 4.90 Å². The first kappa shape index (κ1) is 14.4. The van der Waals surface area contributed by atoms with Gasteiger partial charge >= 0.3 is 5.97 Å². The predicted molar refractivity (Wildman–Crippen MR) is 64.1 cm³/mol. The smallest absolute Gasteiger partial charge is 0.335 e. The second kappa shape index (κ2) is 5.16. The van der Waals surface area contributed by atoms with Crippen LogP contribution in [0.25, 0.3) is 0 Å². The van der Waals surface area contributed by atoms with E-state index in [9.17, 15) is 23.5 Å². The number of carboxylic acid groups (broad SMARTS) is 1. The number of carbonyl (C=O) groups excluding carboxylic acids is 1. The highest BCUT2D eigenvalue weighted by Crippen LogP contribution is 2.24. The largest absolute Gasteiger partial charge is 0.479 e. The average Bonchev–Trinajstić information content (AvgIpc) is 2.38. The molecule has 0 aliphatic carbocycles. The molecule has 1 saturated heterocycles. The maximum Gasteiger partial charge on any atom is 0.335 e. The number of hydrogen-bond donors (Lipinski definition) is 2. The van der Waals surface area contributed by atoms with Crippen molar-refractivity contribution in [1.82, 2.24) is 4.90 Å². The minimum Gasteiger partial charge on any atom is -0.479 e. The summed E-state index contributed by atoms with van der Waals surface area (Å²) in [6, 6.07) is 2.64. The van der Waals surface area contributed by atoms with E-state index >= 15 is 0 Å². The van der Waals surface area contributed by atoms with Gasteiger partial charge < -0.3 is 15.1 Å². The summed E-state index contributed by atoms with van der Waals surface area (Å²) in [6.07, 6.45) is -0.256. The molecule has 7 heteroatoms. The first-order valence-electron chi connectivity index (χ1n) is 6.03. The molecule has 2 N–H and O–H groups in total. The Bertz CT molecular complexity index is 553. The molecule has 2 rings (SSSR count). The van der Waals surface area contributed by atoms with E-state index in [1.807, 2.05) is 0 Å². The normalized spacial score (nSPS) is 17.9. The van der Waals surface area contributed by atoms with Gasteiger partial charge in [0.1, 0.15) is 11.6 Å². The number of carboxylic acids is 1. The molecule has 5 nitrogen and oxygen atoms in total. The molecule has 20 heavy (non-hydrogen) atoms. The number of rotatable bonds is 2. The third-order valence-electron chi connectivity index (χ3n) is 3.44. The van der Waals surface area contributed by atoms with Crippen LogP contribution in [0.15, 0.2) is 18.2 Å². The van der Waals surface area contributed by atoms with Gasteiger partial charge in [0.2, 0.25) is 0 Å². The third-order valence-corrected chi connectivity index (χ3v) is 3.44. The number of halogens is 2. The molecule has 1 aliphatic heterocycles. The number of aliphatic hydroxyl groups is 1. The van der Waals surface area contributed by atoms with Crippen LogP contribution in [-0.2, 0) is 4.79 Å². The van der Waals surface area contributed by atoms with Crippen LogP contribution in [0, 0.1) is 11.6 Å². The molecule has 0 spiro atoms. The van der Waals surface area contributed by atoms with Crippen LogP contribution in [0.4, 0.5) is 8.78 Å². The molecule has 1 aromatic rings. The molecule has 1 aliphatic rings. The van der Waals surface area contributed by atoms with Gasteiger partial charge in [0.25, 0.3) is 5.91 Å². The van der Waals surface area contributed by atoms with Gasteiger partial charge in [-0.1, -0.05) is 0 Å². The van der Waals surface area contributed by atoms with Gasteiger partial charge in [-0.25, -0.2) is 13.6 Å². The van der Waals surface area contributed by atoms with E-state index in [2.05, 4.69) is 0 Å². The van der Waals surface area contributed by atoms with E-state index in [0.29, 0.717) is 6.07 Å². The van der Waals surface area contributed by atoms with E-state index in [4.69, 9.17) is 5.11 Å². The molecule has 1 fully saturated rings. The number of carbonyl (C=O) groups is 2. The van der Waals surface area contributed by atoms with Crippen LogP contribution >= 0.6 is 0 Å². The Morgan fingerprint density at radius 1 is 1.20 bits per heavy atom. The van der Waals surface area contributed by atoms with Crippen molar-refractivity contribution in [2.45, 2.75) is 18.4 Å². The Labute approximate surface area is 113 Å². The zero-order chi connectivity index (χ0) is 14.9. The Kier molecular flexibility index (Phi) is 3.71. The van der Waals surface area contributed by atoms with Crippen LogP contribution in [-0.4, -0.2) is 45.7 Å². The lowest BCUT2D eigenvalue weighted by Gasteiger charge is -2.35. The Morgan fingerprint density at radius 3 is 2.30 bits per heavy atom. The van der Waals surface area contributed by atoms with Crippen molar-refractivity contribution in [2.24, 2.45) is 0 Å². The molecule has 1 amide bonds. The Balaban J connectivity index is 2.11. The zero-order valence-electron chi connectivity index (χ0n) is 10.5. The van der Waals surface area contributed by atoms with Crippen molar-refractivity contribution in [3.05, 3.63) is 35.4 Å². The van der Waals surface area contributed by atoms with E-state index in [-0.39, 0.29) is 31.5 Å². The second-order valence-corrected chi connectivity index (χ2v) is 4.75. The topological polar surface area (TPSA) is 77.8 Å². The highest BCUT2D eigenvalue weighted by atomic mass is 19.1. The lowest BCUT2D eigenvalue weighted by Crippen LogP contribution is -2.50. The summed E-state index contributed by atoms with van der Waals surface area (Å²) in [5, 5.41) is 18.6. The summed E-state index contributed by atoms with van der Waals surface area (Å²) in [4.78, 5) is 24.2. The van der Waals surface area contributed by atoms with Crippen LogP contribution in [0.5, 0.6) is 0 Å². The Morgan fingerprint density at radius 2 is 1.80 bits per heavy atom. The summed E-state index contributed by atoms with van der Waals surface area (Å²) >= 11 is 0. The van der Waals surface area contributed by atoms with Crippen molar-refractivity contribution < 1.29 is 28.6 Å². The highest BCUT2D eigenvalue weighted by molar-refractivity contribution is 5.94. The molecule has 0 aromatic heterocycles. The SMILES string of the molecule is O=C(c1ccc(F)cc1F)N1CCC(O)(C(=O)O)CC1. The summed E-state index contributed by atoms with van der Waals surface area (Å²) in [7, 11) is 0. The van der Waals surface area contributed by atoms with E-state index in [0.717, 1.165) is 12.1 Å². The van der Waals surface area contributed by atoms with Crippen LogP contribution in [0.2, 0.25) is 0 Å². The second-order valence-electron chi connectivity index (χ2n) is 4.75. The quantitative estimate of drug-likeness (QED) is 0.850. The predicted octanol–water partition coefficient (Wildman–Crippen LogP) is 1.02. The number of likely N-dealkylation sites (tertiary alicyclic amines) is 1. The zero-order valence-corrected chi connectivity index (χ0v) is 10.5. The van der Waals surface area contributed by atoms with Crippen LogP contribution in [0.3, 0.4) is 0 Å². The molecule has 1 aromatic carbocycles. The molecule has 108 valence electrons. The van der Waals surface area contributed by atoms with E-state index < -0.39 is 29.1 Å². The van der Waals surface area contributed by atoms with Gasteiger partial charge in [0.05, 0.1) is 5.56 Å². The van der Waals surface area contributed by atoms with Crippen molar-refractivity contribution in [3.63, 3.8) is 0 Å². The number of nitrogens with zero attached hydrogens (tertiary/aromatic N) is 1. The van der Waals surface area contributed by atoms with Crippen LogP contribution in [0.1, 0.15) is 23.2 Å². The molecule has 0 saturated carbocycles. The Hall–Kier alpha value is -2.02. The minimum atomic E-state index is -1.85. The summed E-state index contributed by atoms with van der Waals surface area (Å²) < 4.78 is 26.3. The van der Waals surface area contributed by atoms with Crippen molar-refractivity contribution in [3.8, 4) is 0 Å². The van der Waals surface area contributed by atoms with Gasteiger partial charge in [-0.2, -0.15) is 0 Å². The molecule has 0 atom stereocenters. The number of aliphatic carboxylic acids is 1. The fourth-order valence-electron chi connectivity index (χ4n) is 2.13. The number of benzene rings is 1. The van der Waals surface area contributed by atoms with Crippen molar-refractivity contribution in [1.29, 1.82) is 0 Å². The number of amides is 1. The third kappa shape index (κ3) is 2.62. The fraction of sp³-hybridized carbons (Fsp3) is 0.385. The number of hydrogen-bond acceptors (Lipinski definition) is 3. The monoisotopic (exact) mass is 285 g/mol. The summed E-state index contributed by atoms with van der Waals surface area (Å²) in [5.41, 5.74) is -2.12. The van der Waals surface area contributed by atoms with Gasteiger partial charge in [-0.05, 0) is 12.1 Å². The molecule has 0 radical (unpaired) electrons. The van der Waals surface area contributed by atoms with Gasteiger partial charge in [0.15, 0.2) is 5.60 Å². The lowest BCUT2D eigenvalue weighted by atomic mass is 9.91. The molecule has 1 heterocycles. The maximum atomic E-state index is 13.5. The van der Waals surface area contributed by atoms with Crippen molar-refractivity contribution >= 4 is 11.9 Å². The maximum absolute atomic E-state index is 13.5. The van der Waals surface area contributed by atoms with Crippen molar-refractivity contribution in [2.75, 3.05) is 13.1 Å². The first-order valence-corrected chi connectivity index (χ1v) is 6.03. The van der Waals surface area contributed by atoms with Gasteiger partial charge in [0, 0.05) is 32.0 Å².